The summed E-state index contributed by atoms with van der Waals surface area (Å²) in [5.41, 5.74) is 9.33. The third kappa shape index (κ3) is 3.64. The number of pyridine rings is 1. The van der Waals surface area contributed by atoms with E-state index in [0.717, 1.165) is 61.9 Å². The summed E-state index contributed by atoms with van der Waals surface area (Å²) in [7, 11) is 0. The van der Waals surface area contributed by atoms with Crippen molar-refractivity contribution in [2.45, 2.75) is 51.0 Å². The maximum atomic E-state index is 6.07. The number of nitrogens with two attached hydrogens (primary N) is 1. The van der Waals surface area contributed by atoms with Gasteiger partial charge in [-0.25, -0.2) is 15.0 Å². The van der Waals surface area contributed by atoms with Crippen molar-refractivity contribution < 1.29 is 9.47 Å². The molecule has 160 valence electrons. The van der Waals surface area contributed by atoms with Crippen LogP contribution < -0.4 is 10.6 Å². The van der Waals surface area contributed by atoms with Crippen molar-refractivity contribution in [2.75, 3.05) is 43.4 Å². The molecule has 2 aromatic rings. The molecule has 3 aliphatic heterocycles. The fourth-order valence-corrected chi connectivity index (χ4v) is 5.11. The predicted octanol–water partition coefficient (Wildman–Crippen LogP) is 1.74. The molecule has 0 bridgehead atoms. The second kappa shape index (κ2) is 7.76. The van der Waals surface area contributed by atoms with Gasteiger partial charge in [-0.1, -0.05) is 6.07 Å². The second-order valence-electron chi connectivity index (χ2n) is 8.99. The lowest BCUT2D eigenvalue weighted by Crippen LogP contribution is -2.47. The summed E-state index contributed by atoms with van der Waals surface area (Å²) in [6.07, 6.45) is 5.08. The molecule has 30 heavy (non-hydrogen) atoms. The van der Waals surface area contributed by atoms with Crippen LogP contribution in [0.1, 0.15) is 37.1 Å². The van der Waals surface area contributed by atoms with E-state index < -0.39 is 0 Å². The van der Waals surface area contributed by atoms with E-state index in [1.807, 2.05) is 12.3 Å². The smallest absolute Gasteiger partial charge is 0.225 e. The summed E-state index contributed by atoms with van der Waals surface area (Å²) in [5.74, 6) is 1.42. The van der Waals surface area contributed by atoms with Gasteiger partial charge in [-0.05, 0) is 32.9 Å². The number of rotatable bonds is 3. The van der Waals surface area contributed by atoms with Crippen LogP contribution in [0.15, 0.2) is 24.5 Å². The van der Waals surface area contributed by atoms with E-state index >= 15 is 0 Å². The van der Waals surface area contributed by atoms with Crippen LogP contribution in [0.2, 0.25) is 0 Å². The Morgan fingerprint density at radius 3 is 2.87 bits per heavy atom. The van der Waals surface area contributed by atoms with Gasteiger partial charge in [-0.15, -0.1) is 0 Å². The van der Waals surface area contributed by atoms with Gasteiger partial charge in [0.25, 0.3) is 0 Å². The van der Waals surface area contributed by atoms with E-state index in [1.165, 1.54) is 0 Å². The van der Waals surface area contributed by atoms with Crippen molar-refractivity contribution >= 4 is 11.8 Å². The van der Waals surface area contributed by atoms with E-state index in [0.29, 0.717) is 19.0 Å². The van der Waals surface area contributed by atoms with Crippen LogP contribution in [0.25, 0.3) is 0 Å². The van der Waals surface area contributed by atoms with Crippen molar-refractivity contribution in [1.82, 2.24) is 19.9 Å². The summed E-state index contributed by atoms with van der Waals surface area (Å²) in [6.45, 7) is 9.83. The van der Waals surface area contributed by atoms with Crippen LogP contribution in [0, 0.1) is 0 Å². The molecule has 0 aliphatic carbocycles. The number of hydrogen-bond donors (Lipinski definition) is 1. The molecule has 0 aromatic carbocycles. The highest BCUT2D eigenvalue weighted by Gasteiger charge is 2.45. The molecule has 3 unspecified atom stereocenters. The lowest BCUT2D eigenvalue weighted by Gasteiger charge is -2.38. The number of fused-ring (bicyclic) bond motifs is 2. The summed E-state index contributed by atoms with van der Waals surface area (Å²) in [4.78, 5) is 18.7. The van der Waals surface area contributed by atoms with Crippen molar-refractivity contribution in [2.24, 2.45) is 0 Å². The molecule has 1 spiro atoms. The van der Waals surface area contributed by atoms with Crippen LogP contribution in [0.4, 0.5) is 11.8 Å². The largest absolute Gasteiger partial charge is 0.383 e. The average Bonchev–Trinajstić information content (AvgIpc) is 3.12. The Bertz CT molecular complexity index is 914. The van der Waals surface area contributed by atoms with Gasteiger partial charge < -0.3 is 20.1 Å². The van der Waals surface area contributed by atoms with Gasteiger partial charge in [0.2, 0.25) is 5.95 Å². The van der Waals surface area contributed by atoms with Crippen molar-refractivity contribution in [3.63, 3.8) is 0 Å². The lowest BCUT2D eigenvalue weighted by atomic mass is 9.80. The molecule has 0 saturated carbocycles. The molecule has 8 nitrogen and oxygen atoms in total. The fourth-order valence-electron chi connectivity index (χ4n) is 5.11. The zero-order valence-electron chi connectivity index (χ0n) is 17.8. The Balaban J connectivity index is 1.40. The number of ether oxygens (including phenoxy) is 2. The van der Waals surface area contributed by atoms with E-state index in [4.69, 9.17) is 20.2 Å². The van der Waals surface area contributed by atoms with Crippen molar-refractivity contribution in [3.05, 3.63) is 41.3 Å². The van der Waals surface area contributed by atoms with Gasteiger partial charge in [0.15, 0.2) is 0 Å². The van der Waals surface area contributed by atoms with E-state index in [1.54, 1.807) is 6.20 Å². The normalized spacial score (nSPS) is 29.3. The summed E-state index contributed by atoms with van der Waals surface area (Å²) in [5, 5.41) is 0. The highest BCUT2D eigenvalue weighted by atomic mass is 16.5. The first kappa shape index (κ1) is 19.7. The number of nitrogens with zero attached hydrogens (tertiary/aromatic N) is 5. The van der Waals surface area contributed by atoms with Crippen LogP contribution in [-0.4, -0.2) is 64.8 Å². The first-order valence-corrected chi connectivity index (χ1v) is 10.8. The third-order valence-corrected chi connectivity index (χ3v) is 6.45. The molecule has 2 N–H and O–H groups in total. The van der Waals surface area contributed by atoms with Crippen LogP contribution in [0.5, 0.6) is 0 Å². The Morgan fingerprint density at radius 1 is 1.23 bits per heavy atom. The number of morpholine rings is 1. The van der Waals surface area contributed by atoms with Gasteiger partial charge in [0.05, 0.1) is 36.5 Å². The first-order valence-electron chi connectivity index (χ1n) is 10.8. The maximum Gasteiger partial charge on any atom is 0.225 e. The van der Waals surface area contributed by atoms with E-state index in [-0.39, 0.29) is 17.6 Å². The van der Waals surface area contributed by atoms with Gasteiger partial charge in [-0.3, -0.25) is 4.90 Å². The first-order chi connectivity index (χ1) is 14.5. The molecule has 3 aliphatic rings. The molecule has 2 fully saturated rings. The quantitative estimate of drug-likeness (QED) is 0.819. The highest BCUT2D eigenvalue weighted by molar-refractivity contribution is 5.40. The van der Waals surface area contributed by atoms with Gasteiger partial charge in [-0.2, -0.15) is 0 Å². The summed E-state index contributed by atoms with van der Waals surface area (Å²) >= 11 is 0. The zero-order chi connectivity index (χ0) is 20.7. The number of likely N-dealkylation sites (tertiary alicyclic amines) is 1. The Kier molecular flexibility index (Phi) is 5.08. The molecule has 3 atom stereocenters. The molecule has 5 rings (SSSR count). The fraction of sp³-hybridized carbons (Fsp3) is 0.591. The van der Waals surface area contributed by atoms with Crippen molar-refractivity contribution in [3.8, 4) is 0 Å². The molecule has 5 heterocycles. The molecular weight excluding hydrogens is 380 g/mol. The third-order valence-electron chi connectivity index (χ3n) is 6.45. The van der Waals surface area contributed by atoms with Gasteiger partial charge in [0.1, 0.15) is 5.82 Å². The minimum atomic E-state index is -0.0915. The Hall–Kier alpha value is -2.29. The monoisotopic (exact) mass is 410 g/mol. The van der Waals surface area contributed by atoms with Gasteiger partial charge in [0, 0.05) is 49.7 Å². The standard InChI is InChI=1S/C22H30N6O2/c1-15-9-28(10-16(2)30-15)21-25-8-18-12-29-14-22(19(18)26-21)5-7-27(13-22)11-17-4-3-6-24-20(17)23/h3-4,6,8,15-16H,5,7,9-14H2,1-2H3,(H2,23,24). The lowest BCUT2D eigenvalue weighted by molar-refractivity contribution is -0.00584. The average molecular weight is 411 g/mol. The van der Waals surface area contributed by atoms with Crippen LogP contribution in [0.3, 0.4) is 0 Å². The number of anilines is 2. The van der Waals surface area contributed by atoms with E-state index in [9.17, 15) is 0 Å². The Labute approximate surface area is 177 Å². The molecule has 2 aromatic heterocycles. The molecular formula is C22H30N6O2. The summed E-state index contributed by atoms with van der Waals surface area (Å²) < 4.78 is 11.9. The minimum Gasteiger partial charge on any atom is -0.383 e. The molecule has 2 saturated heterocycles. The summed E-state index contributed by atoms with van der Waals surface area (Å²) in [6, 6.07) is 4.00. The highest BCUT2D eigenvalue weighted by Crippen LogP contribution is 2.40. The van der Waals surface area contributed by atoms with E-state index in [2.05, 4.69) is 39.7 Å². The topological polar surface area (TPSA) is 89.6 Å². The van der Waals surface area contributed by atoms with Crippen LogP contribution >= 0.6 is 0 Å². The number of aromatic nitrogens is 3. The molecule has 0 amide bonds. The van der Waals surface area contributed by atoms with Crippen LogP contribution in [-0.2, 0) is 28.0 Å². The Morgan fingerprint density at radius 2 is 2.07 bits per heavy atom. The maximum absolute atomic E-state index is 6.07. The molecule has 0 radical (unpaired) electrons. The number of nitrogen functional groups attached to an aromatic ring is 1. The predicted molar refractivity (Wildman–Crippen MR) is 114 cm³/mol. The zero-order valence-corrected chi connectivity index (χ0v) is 17.8. The number of hydrogen-bond acceptors (Lipinski definition) is 8. The SMILES string of the molecule is CC1CN(c2ncc3c(n2)C2(CCN(Cc4cccnc4N)C2)COC3)CC(C)O1. The molecule has 8 heteroatoms. The minimum absolute atomic E-state index is 0.0915. The van der Waals surface area contributed by atoms with Crippen molar-refractivity contribution in [1.29, 1.82) is 0 Å². The van der Waals surface area contributed by atoms with Gasteiger partial charge >= 0.3 is 0 Å². The second-order valence-corrected chi connectivity index (χ2v) is 8.99.